The summed E-state index contributed by atoms with van der Waals surface area (Å²) in [4.78, 5) is 0. The topological polar surface area (TPSA) is 21.7 Å². The summed E-state index contributed by atoms with van der Waals surface area (Å²) in [6, 6.07) is 25.4. The minimum absolute atomic E-state index is 0.824. The van der Waals surface area contributed by atoms with Crippen molar-refractivity contribution in [3.05, 3.63) is 72.8 Å². The van der Waals surface area contributed by atoms with Crippen LogP contribution in [0.1, 0.15) is 39.5 Å². The van der Waals surface area contributed by atoms with Crippen LogP contribution in [0, 0.1) is 0 Å². The van der Waals surface area contributed by atoms with E-state index in [0.717, 1.165) is 72.2 Å². The summed E-state index contributed by atoms with van der Waals surface area (Å²) < 4.78 is 15.8. The van der Waals surface area contributed by atoms with E-state index in [9.17, 15) is 0 Å². The highest BCUT2D eigenvalue weighted by Crippen LogP contribution is 2.60. The highest BCUT2D eigenvalue weighted by Gasteiger charge is 2.36. The Hall–Kier alpha value is -2.39. The van der Waals surface area contributed by atoms with Crippen molar-refractivity contribution < 1.29 is 9.05 Å². The zero-order valence-corrected chi connectivity index (χ0v) is 21.0. The quantitative estimate of drug-likeness (QED) is 0.250. The summed E-state index contributed by atoms with van der Waals surface area (Å²) in [6.07, 6.45) is 4.37. The second kappa shape index (κ2) is 9.46. The van der Waals surface area contributed by atoms with Crippen LogP contribution in [0.5, 0.6) is 11.5 Å². The summed E-state index contributed by atoms with van der Waals surface area (Å²) in [5.41, 5.74) is 2.16. The standard InChI is InChI=1S/C28H30NO2PS/c1-3-5-19-29(20-6-4-2)32(33)30-25-17-15-21-11-7-9-13-23(21)27(25)28-24-14-10-8-12-22(24)16-18-26(28)31-32/h7-18H,3-6,19-20H2,1-2H3. The number of hydrogen-bond acceptors (Lipinski definition) is 3. The fourth-order valence-corrected chi connectivity index (χ4v) is 7.41. The molecule has 5 heteroatoms. The predicted molar refractivity (Wildman–Crippen MR) is 144 cm³/mol. The third-order valence-corrected chi connectivity index (χ3v) is 9.43. The lowest BCUT2D eigenvalue weighted by atomic mass is 9.92. The first kappa shape index (κ1) is 22.4. The molecule has 4 aromatic carbocycles. The summed E-state index contributed by atoms with van der Waals surface area (Å²) >= 11 is 6.28. The summed E-state index contributed by atoms with van der Waals surface area (Å²) in [5, 5.41) is 4.69. The van der Waals surface area contributed by atoms with Gasteiger partial charge < -0.3 is 9.05 Å². The molecule has 5 rings (SSSR count). The fourth-order valence-electron chi connectivity index (χ4n) is 4.59. The van der Waals surface area contributed by atoms with Crippen LogP contribution in [0.25, 0.3) is 32.7 Å². The van der Waals surface area contributed by atoms with E-state index in [0.29, 0.717) is 0 Å². The van der Waals surface area contributed by atoms with Gasteiger partial charge in [0, 0.05) is 36.0 Å². The molecule has 0 saturated heterocycles. The monoisotopic (exact) mass is 475 g/mol. The molecule has 0 spiro atoms. The Labute approximate surface area is 201 Å². The van der Waals surface area contributed by atoms with E-state index < -0.39 is 6.64 Å². The highest BCUT2D eigenvalue weighted by molar-refractivity contribution is 8.09. The molecular weight excluding hydrogens is 445 g/mol. The maximum atomic E-state index is 6.77. The number of benzene rings is 4. The Morgan fingerprint density at radius 3 is 1.58 bits per heavy atom. The van der Waals surface area contributed by atoms with Gasteiger partial charge in [0.1, 0.15) is 11.5 Å². The molecule has 0 fully saturated rings. The number of nitrogens with zero attached hydrogens (tertiary/aromatic N) is 1. The normalized spacial score (nSPS) is 14.4. The molecule has 0 saturated carbocycles. The van der Waals surface area contributed by atoms with E-state index in [2.05, 4.69) is 91.3 Å². The fraction of sp³-hybridized carbons (Fsp3) is 0.286. The lowest BCUT2D eigenvalue weighted by molar-refractivity contribution is 0.341. The van der Waals surface area contributed by atoms with Crippen molar-refractivity contribution in [1.82, 2.24) is 4.67 Å². The Morgan fingerprint density at radius 1 is 0.667 bits per heavy atom. The number of rotatable bonds is 7. The van der Waals surface area contributed by atoms with Gasteiger partial charge in [-0.1, -0.05) is 87.4 Å². The van der Waals surface area contributed by atoms with Gasteiger partial charge in [0.05, 0.1) is 0 Å². The van der Waals surface area contributed by atoms with Gasteiger partial charge in [0.2, 0.25) is 0 Å². The van der Waals surface area contributed by atoms with E-state index >= 15 is 0 Å². The van der Waals surface area contributed by atoms with Crippen molar-refractivity contribution in [2.45, 2.75) is 39.5 Å². The van der Waals surface area contributed by atoms with Crippen LogP contribution in [0.2, 0.25) is 0 Å². The Bertz CT molecular complexity index is 1250. The van der Waals surface area contributed by atoms with Crippen LogP contribution in [-0.2, 0) is 11.8 Å². The molecule has 4 aromatic rings. The number of unbranched alkanes of at least 4 members (excludes halogenated alkanes) is 2. The molecule has 1 aliphatic heterocycles. The van der Waals surface area contributed by atoms with Gasteiger partial charge in [0.15, 0.2) is 0 Å². The maximum Gasteiger partial charge on any atom is 0.368 e. The molecule has 1 heterocycles. The van der Waals surface area contributed by atoms with Gasteiger partial charge in [-0.3, -0.25) is 0 Å². The molecule has 3 nitrogen and oxygen atoms in total. The average Bonchev–Trinajstić information content (AvgIpc) is 2.98. The molecule has 0 radical (unpaired) electrons. The highest BCUT2D eigenvalue weighted by atomic mass is 32.5. The smallest absolute Gasteiger partial charge is 0.368 e. The Kier molecular flexibility index (Phi) is 6.42. The second-order valence-electron chi connectivity index (χ2n) is 8.63. The Morgan fingerprint density at radius 2 is 1.12 bits per heavy atom. The minimum Gasteiger partial charge on any atom is -0.424 e. The lowest BCUT2D eigenvalue weighted by Crippen LogP contribution is -2.27. The Balaban J connectivity index is 1.78. The molecule has 0 bridgehead atoms. The van der Waals surface area contributed by atoms with Crippen molar-refractivity contribution in [2.75, 3.05) is 13.1 Å². The minimum atomic E-state index is -2.78. The average molecular weight is 476 g/mol. The molecule has 0 unspecified atom stereocenters. The molecular formula is C28H30NO2PS. The van der Waals surface area contributed by atoms with Gasteiger partial charge in [0.25, 0.3) is 0 Å². The third-order valence-electron chi connectivity index (χ3n) is 6.34. The van der Waals surface area contributed by atoms with Gasteiger partial charge in [-0.05, 0) is 46.5 Å². The molecule has 0 amide bonds. The van der Waals surface area contributed by atoms with E-state index in [1.807, 2.05) is 0 Å². The SMILES string of the molecule is CCCCN(CCCC)P1(=S)Oc2ccc3ccccc3c2-c2c(ccc3ccccc23)O1. The molecule has 0 N–H and O–H groups in total. The first-order valence-corrected chi connectivity index (χ1v) is 14.5. The number of hydrogen-bond donors (Lipinski definition) is 0. The van der Waals surface area contributed by atoms with E-state index in [-0.39, 0.29) is 0 Å². The molecule has 0 aliphatic carbocycles. The van der Waals surface area contributed by atoms with Crippen LogP contribution < -0.4 is 9.05 Å². The van der Waals surface area contributed by atoms with Gasteiger partial charge in [-0.25, -0.2) is 4.67 Å². The second-order valence-corrected chi connectivity index (χ2v) is 11.9. The molecule has 0 atom stereocenters. The van der Waals surface area contributed by atoms with E-state index in [4.69, 9.17) is 20.9 Å². The predicted octanol–water partition coefficient (Wildman–Crippen LogP) is 8.56. The van der Waals surface area contributed by atoms with E-state index in [1.54, 1.807) is 0 Å². The van der Waals surface area contributed by atoms with Crippen molar-refractivity contribution in [3.8, 4) is 22.6 Å². The van der Waals surface area contributed by atoms with Crippen LogP contribution in [0.4, 0.5) is 0 Å². The van der Waals surface area contributed by atoms with Crippen LogP contribution >= 0.6 is 6.64 Å². The first-order valence-electron chi connectivity index (χ1n) is 11.9. The molecule has 1 aliphatic rings. The van der Waals surface area contributed by atoms with Gasteiger partial charge in [-0.15, -0.1) is 0 Å². The van der Waals surface area contributed by atoms with Crippen LogP contribution in [-0.4, -0.2) is 17.8 Å². The maximum absolute atomic E-state index is 6.77. The van der Waals surface area contributed by atoms with Crippen LogP contribution in [0.3, 0.4) is 0 Å². The number of fused-ring (bicyclic) bond motifs is 7. The molecule has 170 valence electrons. The molecule has 33 heavy (non-hydrogen) atoms. The largest absolute Gasteiger partial charge is 0.424 e. The van der Waals surface area contributed by atoms with Crippen LogP contribution in [0.15, 0.2) is 72.8 Å². The van der Waals surface area contributed by atoms with Crippen molar-refractivity contribution >= 4 is 40.0 Å². The zero-order valence-electron chi connectivity index (χ0n) is 19.3. The molecule has 0 aromatic heterocycles. The summed E-state index contributed by atoms with van der Waals surface area (Å²) in [5.74, 6) is 1.65. The van der Waals surface area contributed by atoms with Crippen molar-refractivity contribution in [1.29, 1.82) is 0 Å². The van der Waals surface area contributed by atoms with Gasteiger partial charge in [-0.2, -0.15) is 0 Å². The lowest BCUT2D eigenvalue weighted by Gasteiger charge is -2.33. The van der Waals surface area contributed by atoms with E-state index in [1.165, 1.54) is 10.8 Å². The van der Waals surface area contributed by atoms with Crippen molar-refractivity contribution in [2.24, 2.45) is 0 Å². The summed E-state index contributed by atoms with van der Waals surface area (Å²) in [6.45, 7) is 3.42. The first-order chi connectivity index (χ1) is 16.1. The van der Waals surface area contributed by atoms with Crippen molar-refractivity contribution in [3.63, 3.8) is 0 Å². The summed E-state index contributed by atoms with van der Waals surface area (Å²) in [7, 11) is 0. The van der Waals surface area contributed by atoms with Gasteiger partial charge >= 0.3 is 6.64 Å². The zero-order chi connectivity index (χ0) is 22.8. The third kappa shape index (κ3) is 4.17.